The summed E-state index contributed by atoms with van der Waals surface area (Å²) in [6.07, 6.45) is 0. The van der Waals surface area contributed by atoms with Gasteiger partial charge in [-0.05, 0) is 12.6 Å². The molecule has 1 heterocycles. The van der Waals surface area contributed by atoms with Crippen LogP contribution >= 0.6 is 0 Å². The molecule has 1 saturated heterocycles. The zero-order valence-corrected chi connectivity index (χ0v) is 12.7. The Bertz CT molecular complexity index is 371. The summed E-state index contributed by atoms with van der Waals surface area (Å²) in [5, 5.41) is 3.44. The number of nitrogens with one attached hydrogen (secondary N) is 1. The van der Waals surface area contributed by atoms with E-state index in [0.717, 1.165) is 45.9 Å². The van der Waals surface area contributed by atoms with E-state index in [2.05, 4.69) is 52.5 Å². The molecular weight excluding hydrogens is 250 g/mol. The highest BCUT2D eigenvalue weighted by Crippen LogP contribution is 2.24. The van der Waals surface area contributed by atoms with Crippen LogP contribution in [0.5, 0.6) is 0 Å². The predicted octanol–water partition coefficient (Wildman–Crippen LogP) is 1.21. The van der Waals surface area contributed by atoms with Gasteiger partial charge in [-0.1, -0.05) is 30.3 Å². The number of hydrogen-bond donors (Lipinski definition) is 1. The van der Waals surface area contributed by atoms with E-state index in [1.165, 1.54) is 5.56 Å². The number of piperazine rings is 1. The fraction of sp³-hybridized carbons (Fsp3) is 0.625. The van der Waals surface area contributed by atoms with Crippen LogP contribution in [0.15, 0.2) is 30.3 Å². The van der Waals surface area contributed by atoms with Gasteiger partial charge in [0.05, 0.1) is 6.61 Å². The SMILES string of the molecule is COCCNCCN1CCN(C)CC1c1ccccc1. The lowest BCUT2D eigenvalue weighted by molar-refractivity contribution is 0.0900. The highest BCUT2D eigenvalue weighted by molar-refractivity contribution is 5.20. The average molecular weight is 277 g/mol. The Morgan fingerprint density at radius 3 is 2.75 bits per heavy atom. The molecule has 20 heavy (non-hydrogen) atoms. The quantitative estimate of drug-likeness (QED) is 0.758. The molecule has 0 bridgehead atoms. The summed E-state index contributed by atoms with van der Waals surface area (Å²) in [6.45, 7) is 7.24. The Balaban J connectivity index is 1.88. The van der Waals surface area contributed by atoms with Crippen molar-refractivity contribution in [3.05, 3.63) is 35.9 Å². The van der Waals surface area contributed by atoms with Crippen molar-refractivity contribution in [1.82, 2.24) is 15.1 Å². The molecule has 1 unspecified atom stereocenters. The van der Waals surface area contributed by atoms with Crippen LogP contribution in [0, 0.1) is 0 Å². The standard InChI is InChI=1S/C16H27N3O/c1-18-11-12-19(10-8-17-9-13-20-2)16(14-18)15-6-4-3-5-7-15/h3-7,16-17H,8-14H2,1-2H3. The van der Waals surface area contributed by atoms with Crippen LogP contribution in [0.1, 0.15) is 11.6 Å². The Labute approximate surface area is 122 Å². The molecule has 1 fully saturated rings. The molecule has 112 valence electrons. The minimum Gasteiger partial charge on any atom is -0.383 e. The molecule has 0 aromatic heterocycles. The van der Waals surface area contributed by atoms with Crippen molar-refractivity contribution in [1.29, 1.82) is 0 Å². The Hall–Kier alpha value is -0.940. The van der Waals surface area contributed by atoms with E-state index < -0.39 is 0 Å². The van der Waals surface area contributed by atoms with Crippen LogP contribution in [0.3, 0.4) is 0 Å². The van der Waals surface area contributed by atoms with Gasteiger partial charge in [0.15, 0.2) is 0 Å². The normalized spacial score (nSPS) is 21.2. The van der Waals surface area contributed by atoms with Crippen molar-refractivity contribution < 1.29 is 4.74 Å². The van der Waals surface area contributed by atoms with Gasteiger partial charge in [0, 0.05) is 52.4 Å². The molecule has 4 nitrogen and oxygen atoms in total. The predicted molar refractivity (Wildman–Crippen MR) is 83.0 cm³/mol. The second kappa shape index (κ2) is 8.37. The largest absolute Gasteiger partial charge is 0.383 e. The van der Waals surface area contributed by atoms with E-state index in [0.29, 0.717) is 6.04 Å². The monoisotopic (exact) mass is 277 g/mol. The molecule has 1 aromatic rings. The number of benzene rings is 1. The molecule has 1 N–H and O–H groups in total. The lowest BCUT2D eigenvalue weighted by atomic mass is 10.0. The Kier molecular flexibility index (Phi) is 6.47. The summed E-state index contributed by atoms with van der Waals surface area (Å²) in [6, 6.07) is 11.4. The summed E-state index contributed by atoms with van der Waals surface area (Å²) in [5.74, 6) is 0. The van der Waals surface area contributed by atoms with E-state index in [1.54, 1.807) is 7.11 Å². The molecular formula is C16H27N3O. The lowest BCUT2D eigenvalue weighted by Crippen LogP contribution is -2.48. The summed E-state index contributed by atoms with van der Waals surface area (Å²) < 4.78 is 5.06. The van der Waals surface area contributed by atoms with Crippen LogP contribution in [0.25, 0.3) is 0 Å². The highest BCUT2D eigenvalue weighted by Gasteiger charge is 2.25. The van der Waals surface area contributed by atoms with Crippen molar-refractivity contribution in [3.63, 3.8) is 0 Å². The van der Waals surface area contributed by atoms with Crippen LogP contribution in [-0.4, -0.2) is 69.8 Å². The highest BCUT2D eigenvalue weighted by atomic mass is 16.5. The third-order valence-corrected chi connectivity index (χ3v) is 3.94. The molecule has 1 aliphatic heterocycles. The minimum absolute atomic E-state index is 0.513. The van der Waals surface area contributed by atoms with Crippen molar-refractivity contribution in [2.24, 2.45) is 0 Å². The third kappa shape index (κ3) is 4.56. The van der Waals surface area contributed by atoms with Crippen molar-refractivity contribution >= 4 is 0 Å². The summed E-state index contributed by atoms with van der Waals surface area (Å²) >= 11 is 0. The maximum atomic E-state index is 5.06. The molecule has 0 amide bonds. The van der Waals surface area contributed by atoms with Crippen LogP contribution in [0.2, 0.25) is 0 Å². The Morgan fingerprint density at radius 2 is 2.00 bits per heavy atom. The fourth-order valence-electron chi connectivity index (χ4n) is 2.74. The summed E-state index contributed by atoms with van der Waals surface area (Å²) in [4.78, 5) is 5.02. The zero-order chi connectivity index (χ0) is 14.2. The first-order valence-electron chi connectivity index (χ1n) is 7.48. The van der Waals surface area contributed by atoms with Gasteiger partial charge in [-0.15, -0.1) is 0 Å². The van der Waals surface area contributed by atoms with Gasteiger partial charge in [0.2, 0.25) is 0 Å². The molecule has 0 saturated carbocycles. The van der Waals surface area contributed by atoms with E-state index in [4.69, 9.17) is 4.74 Å². The van der Waals surface area contributed by atoms with E-state index >= 15 is 0 Å². The zero-order valence-electron chi connectivity index (χ0n) is 12.7. The minimum atomic E-state index is 0.513. The molecule has 2 rings (SSSR count). The topological polar surface area (TPSA) is 27.7 Å². The second-order valence-corrected chi connectivity index (χ2v) is 5.47. The Morgan fingerprint density at radius 1 is 1.20 bits per heavy atom. The van der Waals surface area contributed by atoms with Gasteiger partial charge in [-0.2, -0.15) is 0 Å². The fourth-order valence-corrected chi connectivity index (χ4v) is 2.74. The number of likely N-dealkylation sites (N-methyl/N-ethyl adjacent to an activating group) is 1. The summed E-state index contributed by atoms with van der Waals surface area (Å²) in [5.41, 5.74) is 1.43. The van der Waals surface area contributed by atoms with E-state index in [9.17, 15) is 0 Å². The number of hydrogen-bond acceptors (Lipinski definition) is 4. The molecule has 1 aromatic carbocycles. The van der Waals surface area contributed by atoms with Gasteiger partial charge in [-0.3, -0.25) is 4.90 Å². The third-order valence-electron chi connectivity index (χ3n) is 3.94. The van der Waals surface area contributed by atoms with Gasteiger partial charge in [-0.25, -0.2) is 0 Å². The van der Waals surface area contributed by atoms with Gasteiger partial charge in [0.1, 0.15) is 0 Å². The first-order chi connectivity index (χ1) is 9.81. The smallest absolute Gasteiger partial charge is 0.0587 e. The van der Waals surface area contributed by atoms with Crippen LogP contribution in [0.4, 0.5) is 0 Å². The van der Waals surface area contributed by atoms with Crippen molar-refractivity contribution in [2.45, 2.75) is 6.04 Å². The van der Waals surface area contributed by atoms with E-state index in [1.807, 2.05) is 0 Å². The van der Waals surface area contributed by atoms with E-state index in [-0.39, 0.29) is 0 Å². The number of methoxy groups -OCH3 is 1. The number of rotatable bonds is 7. The van der Waals surface area contributed by atoms with Crippen molar-refractivity contribution in [3.8, 4) is 0 Å². The lowest BCUT2D eigenvalue weighted by Gasteiger charge is -2.40. The van der Waals surface area contributed by atoms with Gasteiger partial charge < -0.3 is 15.0 Å². The number of ether oxygens (including phenoxy) is 1. The number of nitrogens with zero attached hydrogens (tertiary/aromatic N) is 2. The molecule has 0 spiro atoms. The molecule has 0 aliphatic carbocycles. The van der Waals surface area contributed by atoms with Gasteiger partial charge in [0.25, 0.3) is 0 Å². The summed E-state index contributed by atoms with van der Waals surface area (Å²) in [7, 11) is 3.96. The van der Waals surface area contributed by atoms with Crippen LogP contribution in [-0.2, 0) is 4.74 Å². The average Bonchev–Trinajstić information content (AvgIpc) is 2.49. The molecule has 0 radical (unpaired) electrons. The molecule has 4 heteroatoms. The maximum absolute atomic E-state index is 5.06. The second-order valence-electron chi connectivity index (χ2n) is 5.47. The van der Waals surface area contributed by atoms with Crippen LogP contribution < -0.4 is 5.32 Å². The molecule has 1 atom stereocenters. The van der Waals surface area contributed by atoms with Gasteiger partial charge >= 0.3 is 0 Å². The van der Waals surface area contributed by atoms with Crippen molar-refractivity contribution in [2.75, 3.05) is 60.0 Å². The first-order valence-corrected chi connectivity index (χ1v) is 7.48. The maximum Gasteiger partial charge on any atom is 0.0587 e. The molecule has 1 aliphatic rings. The first kappa shape index (κ1) is 15.4.